The number of hydrogen-bond donors (Lipinski definition) is 0. The highest BCUT2D eigenvalue weighted by Gasteiger charge is 2.23. The molecule has 0 saturated carbocycles. The molecule has 28 heavy (non-hydrogen) atoms. The van der Waals surface area contributed by atoms with Crippen LogP contribution in [0.4, 0.5) is 10.1 Å². The van der Waals surface area contributed by atoms with Gasteiger partial charge >= 0.3 is 0 Å². The zero-order valence-electron chi connectivity index (χ0n) is 15.9. The van der Waals surface area contributed by atoms with Gasteiger partial charge in [0.2, 0.25) is 11.7 Å². The number of amides is 1. The first-order chi connectivity index (χ1) is 13.5. The van der Waals surface area contributed by atoms with Crippen LogP contribution in [0.1, 0.15) is 21.8 Å². The molecule has 0 spiro atoms. The van der Waals surface area contributed by atoms with Gasteiger partial charge in [-0.3, -0.25) is 4.79 Å². The van der Waals surface area contributed by atoms with E-state index in [1.165, 1.54) is 6.07 Å². The SMILES string of the molecule is Cc1nc(-c2ccc(N3CCN(C(=O)c4ccc(C)c(F)c4)CC3)cc2)no1. The fourth-order valence-corrected chi connectivity index (χ4v) is 3.31. The fourth-order valence-electron chi connectivity index (χ4n) is 3.31. The van der Waals surface area contributed by atoms with Crippen molar-refractivity contribution in [2.24, 2.45) is 0 Å². The molecule has 4 rings (SSSR count). The van der Waals surface area contributed by atoms with Crippen LogP contribution in [-0.2, 0) is 0 Å². The lowest BCUT2D eigenvalue weighted by Crippen LogP contribution is -2.48. The van der Waals surface area contributed by atoms with Crippen molar-refractivity contribution in [3.8, 4) is 11.4 Å². The summed E-state index contributed by atoms with van der Waals surface area (Å²) in [4.78, 5) is 20.9. The molecule has 2 heterocycles. The van der Waals surface area contributed by atoms with E-state index in [0.717, 1.165) is 24.3 Å². The van der Waals surface area contributed by atoms with E-state index in [1.807, 2.05) is 24.3 Å². The van der Waals surface area contributed by atoms with Crippen molar-refractivity contribution in [2.45, 2.75) is 13.8 Å². The van der Waals surface area contributed by atoms with Gasteiger partial charge < -0.3 is 14.3 Å². The Morgan fingerprint density at radius 1 is 1.04 bits per heavy atom. The highest BCUT2D eigenvalue weighted by molar-refractivity contribution is 5.94. The quantitative estimate of drug-likeness (QED) is 0.696. The summed E-state index contributed by atoms with van der Waals surface area (Å²) >= 11 is 0. The highest BCUT2D eigenvalue weighted by Crippen LogP contribution is 2.22. The molecular weight excluding hydrogens is 359 g/mol. The zero-order valence-corrected chi connectivity index (χ0v) is 15.9. The summed E-state index contributed by atoms with van der Waals surface area (Å²) in [7, 11) is 0. The minimum Gasteiger partial charge on any atom is -0.368 e. The second-order valence-electron chi connectivity index (χ2n) is 6.93. The molecule has 0 N–H and O–H groups in total. The molecule has 144 valence electrons. The minimum absolute atomic E-state index is 0.124. The Labute approximate surface area is 162 Å². The number of carbonyl (C=O) groups excluding carboxylic acids is 1. The van der Waals surface area contributed by atoms with Gasteiger partial charge in [0.15, 0.2) is 0 Å². The normalized spacial score (nSPS) is 14.4. The topological polar surface area (TPSA) is 62.5 Å². The Hall–Kier alpha value is -3.22. The lowest BCUT2D eigenvalue weighted by atomic mass is 10.1. The van der Waals surface area contributed by atoms with Crippen molar-refractivity contribution in [2.75, 3.05) is 31.1 Å². The molecule has 1 aliphatic rings. The van der Waals surface area contributed by atoms with E-state index in [4.69, 9.17) is 4.52 Å². The highest BCUT2D eigenvalue weighted by atomic mass is 19.1. The molecule has 0 atom stereocenters. The van der Waals surface area contributed by atoms with Crippen LogP contribution in [0.15, 0.2) is 47.0 Å². The van der Waals surface area contributed by atoms with E-state index in [2.05, 4.69) is 15.0 Å². The summed E-state index contributed by atoms with van der Waals surface area (Å²) in [6.07, 6.45) is 0. The number of piperazine rings is 1. The van der Waals surface area contributed by atoms with E-state index in [-0.39, 0.29) is 11.7 Å². The summed E-state index contributed by atoms with van der Waals surface area (Å²) in [6, 6.07) is 12.6. The lowest BCUT2D eigenvalue weighted by Gasteiger charge is -2.36. The van der Waals surface area contributed by atoms with E-state index in [9.17, 15) is 9.18 Å². The molecule has 2 aromatic carbocycles. The number of rotatable bonds is 3. The van der Waals surface area contributed by atoms with Gasteiger partial charge in [-0.2, -0.15) is 4.98 Å². The molecule has 0 aliphatic carbocycles. The number of halogens is 1. The summed E-state index contributed by atoms with van der Waals surface area (Å²) < 4.78 is 18.8. The van der Waals surface area contributed by atoms with E-state index >= 15 is 0 Å². The van der Waals surface area contributed by atoms with Crippen molar-refractivity contribution in [1.29, 1.82) is 0 Å². The van der Waals surface area contributed by atoms with Crippen LogP contribution >= 0.6 is 0 Å². The molecule has 0 radical (unpaired) electrons. The average Bonchev–Trinajstić information content (AvgIpc) is 3.16. The van der Waals surface area contributed by atoms with Crippen molar-refractivity contribution in [3.05, 3.63) is 65.3 Å². The monoisotopic (exact) mass is 380 g/mol. The standard InChI is InChI=1S/C21H21FN4O2/c1-14-3-4-17(13-19(14)22)21(27)26-11-9-25(10-12-26)18-7-5-16(6-8-18)20-23-15(2)28-24-20/h3-8,13H,9-12H2,1-2H3. The smallest absolute Gasteiger partial charge is 0.254 e. The van der Waals surface area contributed by atoms with Crippen LogP contribution in [0.2, 0.25) is 0 Å². The Kier molecular flexibility index (Phi) is 4.81. The van der Waals surface area contributed by atoms with Crippen LogP contribution in [0, 0.1) is 19.7 Å². The number of anilines is 1. The number of nitrogens with zero attached hydrogens (tertiary/aromatic N) is 4. The van der Waals surface area contributed by atoms with Crippen LogP contribution in [0.3, 0.4) is 0 Å². The van der Waals surface area contributed by atoms with Crippen LogP contribution in [0.5, 0.6) is 0 Å². The first-order valence-electron chi connectivity index (χ1n) is 9.22. The second kappa shape index (κ2) is 7.42. The molecule has 0 bridgehead atoms. The van der Waals surface area contributed by atoms with Gasteiger partial charge in [0.1, 0.15) is 5.82 Å². The van der Waals surface area contributed by atoms with Crippen molar-refractivity contribution in [3.63, 3.8) is 0 Å². The summed E-state index contributed by atoms with van der Waals surface area (Å²) in [6.45, 7) is 6.09. The van der Waals surface area contributed by atoms with Gasteiger partial charge in [0, 0.05) is 49.9 Å². The van der Waals surface area contributed by atoms with Crippen LogP contribution in [-0.4, -0.2) is 47.1 Å². The molecule has 1 aromatic heterocycles. The molecule has 1 aliphatic heterocycles. The van der Waals surface area contributed by atoms with E-state index < -0.39 is 0 Å². The number of aromatic nitrogens is 2. The Balaban J connectivity index is 1.39. The van der Waals surface area contributed by atoms with Gasteiger partial charge in [-0.1, -0.05) is 11.2 Å². The first kappa shape index (κ1) is 18.2. The summed E-state index contributed by atoms with van der Waals surface area (Å²) in [5.41, 5.74) is 2.92. The third-order valence-electron chi connectivity index (χ3n) is 5.00. The molecule has 0 unspecified atom stereocenters. The fraction of sp³-hybridized carbons (Fsp3) is 0.286. The average molecular weight is 380 g/mol. The van der Waals surface area contributed by atoms with E-state index in [1.54, 1.807) is 30.9 Å². The Morgan fingerprint density at radius 2 is 1.75 bits per heavy atom. The summed E-state index contributed by atoms with van der Waals surface area (Å²) in [5, 5.41) is 3.93. The second-order valence-corrected chi connectivity index (χ2v) is 6.93. The van der Waals surface area contributed by atoms with Crippen molar-refractivity contribution in [1.82, 2.24) is 15.0 Å². The van der Waals surface area contributed by atoms with Gasteiger partial charge in [-0.15, -0.1) is 0 Å². The summed E-state index contributed by atoms with van der Waals surface area (Å²) in [5.74, 6) is 0.640. The van der Waals surface area contributed by atoms with Crippen molar-refractivity contribution >= 4 is 11.6 Å². The van der Waals surface area contributed by atoms with Crippen molar-refractivity contribution < 1.29 is 13.7 Å². The molecule has 1 amide bonds. The van der Waals surface area contributed by atoms with Crippen LogP contribution in [0.25, 0.3) is 11.4 Å². The third-order valence-corrected chi connectivity index (χ3v) is 5.00. The Bertz CT molecular complexity index is 992. The lowest BCUT2D eigenvalue weighted by molar-refractivity contribution is 0.0746. The predicted molar refractivity (Wildman–Crippen MR) is 104 cm³/mol. The third kappa shape index (κ3) is 3.60. The number of carbonyl (C=O) groups is 1. The van der Waals surface area contributed by atoms with Gasteiger partial charge in [0.25, 0.3) is 5.91 Å². The minimum atomic E-state index is -0.346. The number of aryl methyl sites for hydroxylation is 2. The van der Waals surface area contributed by atoms with Gasteiger partial charge in [0.05, 0.1) is 0 Å². The molecular formula is C21H21FN4O2. The van der Waals surface area contributed by atoms with E-state index in [0.29, 0.717) is 35.9 Å². The van der Waals surface area contributed by atoms with Gasteiger partial charge in [-0.25, -0.2) is 4.39 Å². The Morgan fingerprint density at radius 3 is 2.36 bits per heavy atom. The molecule has 6 nitrogen and oxygen atoms in total. The predicted octanol–water partition coefficient (Wildman–Crippen LogP) is 3.45. The maximum atomic E-state index is 13.8. The maximum absolute atomic E-state index is 13.8. The number of hydrogen-bond acceptors (Lipinski definition) is 5. The molecule has 1 saturated heterocycles. The maximum Gasteiger partial charge on any atom is 0.254 e. The van der Waals surface area contributed by atoms with Gasteiger partial charge in [-0.05, 0) is 48.9 Å². The first-order valence-corrected chi connectivity index (χ1v) is 9.22. The molecule has 7 heteroatoms. The molecule has 3 aromatic rings. The zero-order chi connectivity index (χ0) is 19.7. The van der Waals surface area contributed by atoms with Crippen LogP contribution < -0.4 is 4.90 Å². The molecule has 1 fully saturated rings. The number of benzene rings is 2. The largest absolute Gasteiger partial charge is 0.368 e.